The van der Waals surface area contributed by atoms with Gasteiger partial charge < -0.3 is 4.90 Å². The van der Waals surface area contributed by atoms with Gasteiger partial charge in [0, 0.05) is 12.6 Å². The molecule has 0 aliphatic heterocycles. The van der Waals surface area contributed by atoms with Gasteiger partial charge >= 0.3 is 0 Å². The van der Waals surface area contributed by atoms with Crippen molar-refractivity contribution in [3.63, 3.8) is 0 Å². The van der Waals surface area contributed by atoms with Crippen LogP contribution in [0.2, 0.25) is 0 Å². The fourth-order valence-electron chi connectivity index (χ4n) is 1.05. The van der Waals surface area contributed by atoms with E-state index < -0.39 is 0 Å². The maximum atomic E-state index is 12.0. The molecule has 1 amide bonds. The molecule has 0 bridgehead atoms. The molecular formula is C11H17NOS. The third-order valence-corrected chi connectivity index (χ3v) is 3.37. The summed E-state index contributed by atoms with van der Waals surface area (Å²) < 4.78 is 0. The standard InChI is InChI=1S/C11H17NOS/c1-8-6-7-14-9(8)10(13)12(5)11(2,3)4/h6-7H,1-5H3. The number of hydrogen-bond acceptors (Lipinski definition) is 2. The summed E-state index contributed by atoms with van der Waals surface area (Å²) in [5.41, 5.74) is 0.948. The fraction of sp³-hybridized carbons (Fsp3) is 0.545. The third kappa shape index (κ3) is 2.15. The van der Waals surface area contributed by atoms with Crippen molar-refractivity contribution in [2.75, 3.05) is 7.05 Å². The number of thiophene rings is 1. The molecular weight excluding hydrogens is 194 g/mol. The van der Waals surface area contributed by atoms with Crippen molar-refractivity contribution in [3.8, 4) is 0 Å². The van der Waals surface area contributed by atoms with E-state index in [0.717, 1.165) is 10.4 Å². The van der Waals surface area contributed by atoms with E-state index in [2.05, 4.69) is 0 Å². The van der Waals surface area contributed by atoms with Crippen molar-refractivity contribution >= 4 is 17.2 Å². The summed E-state index contributed by atoms with van der Waals surface area (Å²) in [6, 6.07) is 1.98. The average molecular weight is 211 g/mol. The highest BCUT2D eigenvalue weighted by molar-refractivity contribution is 7.12. The van der Waals surface area contributed by atoms with E-state index in [1.165, 1.54) is 11.3 Å². The first-order valence-corrected chi connectivity index (χ1v) is 5.54. The van der Waals surface area contributed by atoms with Gasteiger partial charge in [0.1, 0.15) is 0 Å². The van der Waals surface area contributed by atoms with E-state index in [0.29, 0.717) is 0 Å². The molecule has 0 atom stereocenters. The van der Waals surface area contributed by atoms with Gasteiger partial charge in [0.05, 0.1) is 4.88 Å². The second-order valence-corrected chi connectivity index (χ2v) is 5.38. The minimum Gasteiger partial charge on any atom is -0.336 e. The van der Waals surface area contributed by atoms with Crippen molar-refractivity contribution in [2.24, 2.45) is 0 Å². The predicted molar refractivity (Wildman–Crippen MR) is 60.9 cm³/mol. The Balaban J connectivity index is 2.92. The Labute approximate surface area is 89.5 Å². The van der Waals surface area contributed by atoms with Crippen molar-refractivity contribution in [1.82, 2.24) is 4.90 Å². The molecule has 0 aliphatic rings. The normalized spacial score (nSPS) is 11.5. The number of aryl methyl sites for hydroxylation is 1. The smallest absolute Gasteiger partial charge is 0.264 e. The Morgan fingerprint density at radius 2 is 2.00 bits per heavy atom. The Kier molecular flexibility index (Phi) is 3.00. The highest BCUT2D eigenvalue weighted by Gasteiger charge is 2.24. The summed E-state index contributed by atoms with van der Waals surface area (Å²) in [7, 11) is 1.85. The van der Waals surface area contributed by atoms with Crippen LogP contribution in [0, 0.1) is 6.92 Å². The van der Waals surface area contributed by atoms with E-state index >= 15 is 0 Å². The predicted octanol–water partition coefficient (Wildman–Crippen LogP) is 2.93. The zero-order valence-electron chi connectivity index (χ0n) is 9.42. The first kappa shape index (κ1) is 11.2. The van der Waals surface area contributed by atoms with Gasteiger partial charge in [-0.3, -0.25) is 4.79 Å². The lowest BCUT2D eigenvalue weighted by molar-refractivity contribution is 0.0660. The Hall–Kier alpha value is -0.830. The molecule has 78 valence electrons. The summed E-state index contributed by atoms with van der Waals surface area (Å²) in [6.07, 6.45) is 0. The second kappa shape index (κ2) is 3.73. The fourth-order valence-corrected chi connectivity index (χ4v) is 1.95. The van der Waals surface area contributed by atoms with Crippen molar-refractivity contribution in [2.45, 2.75) is 33.2 Å². The molecule has 1 rings (SSSR count). The number of nitrogens with zero attached hydrogens (tertiary/aromatic N) is 1. The Bertz CT molecular complexity index is 335. The summed E-state index contributed by atoms with van der Waals surface area (Å²) in [4.78, 5) is 14.6. The molecule has 14 heavy (non-hydrogen) atoms. The van der Waals surface area contributed by atoms with E-state index in [1.807, 2.05) is 46.2 Å². The number of amides is 1. The quantitative estimate of drug-likeness (QED) is 0.699. The van der Waals surface area contributed by atoms with Gasteiger partial charge in [-0.2, -0.15) is 0 Å². The maximum absolute atomic E-state index is 12.0. The number of carbonyl (C=O) groups is 1. The molecule has 0 aromatic carbocycles. The van der Waals surface area contributed by atoms with E-state index in [4.69, 9.17) is 0 Å². The van der Waals surface area contributed by atoms with Crippen LogP contribution in [-0.4, -0.2) is 23.4 Å². The lowest BCUT2D eigenvalue weighted by Crippen LogP contribution is -2.42. The summed E-state index contributed by atoms with van der Waals surface area (Å²) in [5, 5.41) is 1.96. The third-order valence-electron chi connectivity index (χ3n) is 2.37. The summed E-state index contributed by atoms with van der Waals surface area (Å²) in [6.45, 7) is 8.08. The molecule has 0 unspecified atom stereocenters. The second-order valence-electron chi connectivity index (χ2n) is 4.47. The molecule has 0 aliphatic carbocycles. The highest BCUT2D eigenvalue weighted by Crippen LogP contribution is 2.21. The van der Waals surface area contributed by atoms with Crippen molar-refractivity contribution in [1.29, 1.82) is 0 Å². The molecule has 1 heterocycles. The first-order chi connectivity index (χ1) is 6.34. The van der Waals surface area contributed by atoms with Gasteiger partial charge in [-0.15, -0.1) is 11.3 Å². The van der Waals surface area contributed by atoms with Crippen LogP contribution in [0.5, 0.6) is 0 Å². The van der Waals surface area contributed by atoms with Crippen molar-refractivity contribution in [3.05, 3.63) is 21.9 Å². The van der Waals surface area contributed by atoms with Crippen LogP contribution in [0.4, 0.5) is 0 Å². The van der Waals surface area contributed by atoms with Gasteiger partial charge in [0.25, 0.3) is 5.91 Å². The van der Waals surface area contributed by atoms with Crippen LogP contribution >= 0.6 is 11.3 Å². The molecule has 1 aromatic heterocycles. The van der Waals surface area contributed by atoms with Crippen LogP contribution in [-0.2, 0) is 0 Å². The van der Waals surface area contributed by atoms with Crippen LogP contribution in [0.15, 0.2) is 11.4 Å². The molecule has 1 aromatic rings. The minimum absolute atomic E-state index is 0.116. The monoisotopic (exact) mass is 211 g/mol. The molecule has 0 saturated heterocycles. The topological polar surface area (TPSA) is 20.3 Å². The zero-order chi connectivity index (χ0) is 10.9. The number of carbonyl (C=O) groups excluding carboxylic acids is 1. The first-order valence-electron chi connectivity index (χ1n) is 4.66. The van der Waals surface area contributed by atoms with Crippen LogP contribution in [0.3, 0.4) is 0 Å². The van der Waals surface area contributed by atoms with Crippen LogP contribution in [0.1, 0.15) is 36.0 Å². The lowest BCUT2D eigenvalue weighted by Gasteiger charge is -2.31. The van der Waals surface area contributed by atoms with Crippen LogP contribution < -0.4 is 0 Å². The van der Waals surface area contributed by atoms with Gasteiger partial charge in [-0.05, 0) is 44.7 Å². The molecule has 0 spiro atoms. The van der Waals surface area contributed by atoms with Gasteiger partial charge in [0.15, 0.2) is 0 Å². The molecule has 3 heteroatoms. The lowest BCUT2D eigenvalue weighted by atomic mass is 10.1. The molecule has 2 nitrogen and oxygen atoms in total. The highest BCUT2D eigenvalue weighted by atomic mass is 32.1. The molecule has 0 fully saturated rings. The average Bonchev–Trinajstić information content (AvgIpc) is 2.47. The number of hydrogen-bond donors (Lipinski definition) is 0. The number of rotatable bonds is 1. The summed E-state index contributed by atoms with van der Waals surface area (Å²) >= 11 is 1.51. The Morgan fingerprint density at radius 1 is 1.43 bits per heavy atom. The van der Waals surface area contributed by atoms with Gasteiger partial charge in [-0.25, -0.2) is 0 Å². The minimum atomic E-state index is -0.118. The molecule has 0 saturated carbocycles. The van der Waals surface area contributed by atoms with Crippen molar-refractivity contribution < 1.29 is 4.79 Å². The molecule has 0 radical (unpaired) electrons. The van der Waals surface area contributed by atoms with Gasteiger partial charge in [0.2, 0.25) is 0 Å². The zero-order valence-corrected chi connectivity index (χ0v) is 10.2. The van der Waals surface area contributed by atoms with E-state index in [-0.39, 0.29) is 11.4 Å². The van der Waals surface area contributed by atoms with E-state index in [9.17, 15) is 4.79 Å². The Morgan fingerprint density at radius 3 is 2.36 bits per heavy atom. The maximum Gasteiger partial charge on any atom is 0.264 e. The van der Waals surface area contributed by atoms with E-state index in [1.54, 1.807) is 4.90 Å². The van der Waals surface area contributed by atoms with Gasteiger partial charge in [-0.1, -0.05) is 0 Å². The largest absolute Gasteiger partial charge is 0.336 e. The summed E-state index contributed by atoms with van der Waals surface area (Å²) in [5.74, 6) is 0.116. The SMILES string of the molecule is Cc1ccsc1C(=O)N(C)C(C)(C)C. The molecule has 0 N–H and O–H groups in total. The van der Waals surface area contributed by atoms with Crippen LogP contribution in [0.25, 0.3) is 0 Å².